The number of para-hydroxylation sites is 1. The van der Waals surface area contributed by atoms with Gasteiger partial charge < -0.3 is 0 Å². The minimum absolute atomic E-state index is 0.107. The SMILES string of the molecule is O=C1C=C(c2cccc(F)c2)C[C@]2(c3ccccc3)C(=O)c3ccccc3N12. The molecule has 0 aromatic heterocycles. The van der Waals surface area contributed by atoms with Crippen LogP contribution in [-0.4, -0.2) is 11.7 Å². The second kappa shape index (κ2) is 5.99. The molecular formula is C24H16FNO2. The first kappa shape index (κ1) is 16.6. The number of hydrogen-bond donors (Lipinski definition) is 0. The smallest absolute Gasteiger partial charge is 0.252 e. The van der Waals surface area contributed by atoms with Crippen molar-refractivity contribution in [3.05, 3.63) is 107 Å². The molecule has 4 heteroatoms. The normalized spacial score (nSPS) is 20.6. The topological polar surface area (TPSA) is 37.4 Å². The molecule has 3 aromatic carbocycles. The Morgan fingerprint density at radius 2 is 1.61 bits per heavy atom. The molecule has 0 bridgehead atoms. The van der Waals surface area contributed by atoms with Gasteiger partial charge >= 0.3 is 0 Å². The first-order chi connectivity index (χ1) is 13.6. The lowest BCUT2D eigenvalue weighted by Gasteiger charge is -2.41. The van der Waals surface area contributed by atoms with Gasteiger partial charge in [0.05, 0.1) is 5.69 Å². The number of nitrogens with zero attached hydrogens (tertiary/aromatic N) is 1. The standard InChI is InChI=1S/C24H16FNO2/c25-19-10-6-7-16(13-19)17-14-22(27)26-21-12-5-4-11-20(21)23(28)24(26,15-17)18-8-2-1-3-9-18/h1-14H,15H2/t24-/m0/s1. The first-order valence-corrected chi connectivity index (χ1v) is 9.11. The summed E-state index contributed by atoms with van der Waals surface area (Å²) in [5, 5.41) is 0. The Labute approximate surface area is 161 Å². The minimum Gasteiger partial charge on any atom is -0.291 e. The molecule has 3 aromatic rings. The Hall–Kier alpha value is -3.53. The summed E-state index contributed by atoms with van der Waals surface area (Å²) in [6.45, 7) is 0. The number of carbonyl (C=O) groups excluding carboxylic acids is 2. The van der Waals surface area contributed by atoms with Crippen molar-refractivity contribution in [2.75, 3.05) is 4.90 Å². The molecule has 2 aliphatic rings. The van der Waals surface area contributed by atoms with E-state index in [9.17, 15) is 14.0 Å². The molecule has 5 rings (SSSR count). The lowest BCUT2D eigenvalue weighted by Crippen LogP contribution is -2.52. The summed E-state index contributed by atoms with van der Waals surface area (Å²) >= 11 is 0. The first-order valence-electron chi connectivity index (χ1n) is 9.11. The number of rotatable bonds is 2. The van der Waals surface area contributed by atoms with Crippen molar-refractivity contribution in [1.82, 2.24) is 0 Å². The van der Waals surface area contributed by atoms with Crippen molar-refractivity contribution in [2.24, 2.45) is 0 Å². The van der Waals surface area contributed by atoms with Crippen LogP contribution in [0.3, 0.4) is 0 Å². The summed E-state index contributed by atoms with van der Waals surface area (Å²) in [6, 6.07) is 22.7. The highest BCUT2D eigenvalue weighted by Crippen LogP contribution is 2.51. The molecule has 28 heavy (non-hydrogen) atoms. The van der Waals surface area contributed by atoms with E-state index in [0.29, 0.717) is 28.8 Å². The Morgan fingerprint density at radius 1 is 0.857 bits per heavy atom. The van der Waals surface area contributed by atoms with Gasteiger partial charge in [-0.3, -0.25) is 14.5 Å². The molecule has 136 valence electrons. The van der Waals surface area contributed by atoms with Gasteiger partial charge in [-0.15, -0.1) is 0 Å². The summed E-state index contributed by atoms with van der Waals surface area (Å²) in [5.74, 6) is -0.750. The second-order valence-electron chi connectivity index (χ2n) is 7.10. The molecule has 0 aliphatic carbocycles. The fraction of sp³-hybridized carbons (Fsp3) is 0.0833. The van der Waals surface area contributed by atoms with Crippen molar-refractivity contribution in [3.8, 4) is 0 Å². The number of amides is 1. The van der Waals surface area contributed by atoms with E-state index < -0.39 is 5.54 Å². The summed E-state index contributed by atoms with van der Waals surface area (Å²) in [4.78, 5) is 28.5. The summed E-state index contributed by atoms with van der Waals surface area (Å²) in [7, 11) is 0. The van der Waals surface area contributed by atoms with Crippen molar-refractivity contribution in [2.45, 2.75) is 12.0 Å². The van der Waals surface area contributed by atoms with Crippen LogP contribution >= 0.6 is 0 Å². The number of ketones is 1. The quantitative estimate of drug-likeness (QED) is 0.654. The zero-order chi connectivity index (χ0) is 19.3. The number of anilines is 1. The van der Waals surface area contributed by atoms with Crippen LogP contribution in [0, 0.1) is 5.82 Å². The second-order valence-corrected chi connectivity index (χ2v) is 7.10. The highest BCUT2D eigenvalue weighted by Gasteiger charge is 2.56. The Balaban J connectivity index is 1.76. The van der Waals surface area contributed by atoms with Gasteiger partial charge in [-0.1, -0.05) is 54.6 Å². The average molecular weight is 369 g/mol. The van der Waals surface area contributed by atoms with E-state index in [4.69, 9.17) is 0 Å². The zero-order valence-electron chi connectivity index (χ0n) is 14.9. The molecular weight excluding hydrogens is 353 g/mol. The highest BCUT2D eigenvalue weighted by molar-refractivity contribution is 6.25. The van der Waals surface area contributed by atoms with Gasteiger partial charge in [-0.05, 0) is 41.0 Å². The number of benzene rings is 3. The van der Waals surface area contributed by atoms with Gasteiger partial charge in [0.2, 0.25) is 0 Å². The molecule has 0 fully saturated rings. The van der Waals surface area contributed by atoms with Crippen molar-refractivity contribution >= 4 is 23.0 Å². The van der Waals surface area contributed by atoms with Crippen LogP contribution in [-0.2, 0) is 10.3 Å². The highest BCUT2D eigenvalue weighted by atomic mass is 19.1. The van der Waals surface area contributed by atoms with E-state index in [1.807, 2.05) is 36.4 Å². The van der Waals surface area contributed by atoms with Crippen molar-refractivity contribution in [1.29, 1.82) is 0 Å². The fourth-order valence-electron chi connectivity index (χ4n) is 4.35. The molecule has 1 amide bonds. The molecule has 1 atom stereocenters. The molecule has 0 saturated carbocycles. The zero-order valence-corrected chi connectivity index (χ0v) is 14.9. The van der Waals surface area contributed by atoms with Crippen molar-refractivity contribution in [3.63, 3.8) is 0 Å². The van der Waals surface area contributed by atoms with E-state index in [1.54, 1.807) is 35.2 Å². The predicted octanol–water partition coefficient (Wildman–Crippen LogP) is 4.74. The lowest BCUT2D eigenvalue weighted by molar-refractivity contribution is -0.115. The van der Waals surface area contributed by atoms with E-state index in [-0.39, 0.29) is 17.5 Å². The van der Waals surface area contributed by atoms with Gasteiger partial charge in [0.15, 0.2) is 5.78 Å². The molecule has 0 unspecified atom stereocenters. The van der Waals surface area contributed by atoms with Crippen molar-refractivity contribution < 1.29 is 14.0 Å². The van der Waals surface area contributed by atoms with Crippen LogP contribution in [0.25, 0.3) is 5.57 Å². The fourth-order valence-corrected chi connectivity index (χ4v) is 4.35. The number of Topliss-reactive ketones (excluding diaryl/α,β-unsaturated/α-hetero) is 1. The number of fused-ring (bicyclic) bond motifs is 3. The third-order valence-electron chi connectivity index (χ3n) is 5.56. The molecule has 2 aliphatic heterocycles. The maximum Gasteiger partial charge on any atom is 0.252 e. The third kappa shape index (κ3) is 2.21. The van der Waals surface area contributed by atoms with Crippen LogP contribution in [0.4, 0.5) is 10.1 Å². The van der Waals surface area contributed by atoms with E-state index in [0.717, 1.165) is 5.56 Å². The van der Waals surface area contributed by atoms with Crippen LogP contribution in [0.5, 0.6) is 0 Å². The largest absolute Gasteiger partial charge is 0.291 e. The van der Waals surface area contributed by atoms with E-state index >= 15 is 0 Å². The number of halogens is 1. The van der Waals surface area contributed by atoms with Crippen LogP contribution in [0.2, 0.25) is 0 Å². The van der Waals surface area contributed by atoms with Gasteiger partial charge in [-0.25, -0.2) is 4.39 Å². The van der Waals surface area contributed by atoms with Crippen LogP contribution in [0.15, 0.2) is 84.9 Å². The van der Waals surface area contributed by atoms with Gasteiger partial charge in [0, 0.05) is 18.1 Å². The Morgan fingerprint density at radius 3 is 2.39 bits per heavy atom. The monoisotopic (exact) mass is 369 g/mol. The minimum atomic E-state index is -1.15. The van der Waals surface area contributed by atoms with Gasteiger partial charge in [-0.2, -0.15) is 0 Å². The molecule has 0 saturated heterocycles. The molecule has 2 heterocycles. The number of carbonyl (C=O) groups is 2. The Kier molecular flexibility index (Phi) is 3.56. The third-order valence-corrected chi connectivity index (χ3v) is 5.56. The lowest BCUT2D eigenvalue weighted by atomic mass is 9.76. The molecule has 3 nitrogen and oxygen atoms in total. The predicted molar refractivity (Wildman–Crippen MR) is 105 cm³/mol. The summed E-state index contributed by atoms with van der Waals surface area (Å²) in [6.07, 6.45) is 1.81. The molecule has 0 N–H and O–H groups in total. The molecule has 0 radical (unpaired) electrons. The maximum atomic E-state index is 13.8. The summed E-state index contributed by atoms with van der Waals surface area (Å²) in [5.41, 5.74) is 2.03. The van der Waals surface area contributed by atoms with E-state index in [2.05, 4.69) is 0 Å². The maximum absolute atomic E-state index is 13.8. The summed E-state index contributed by atoms with van der Waals surface area (Å²) < 4.78 is 13.8. The van der Waals surface area contributed by atoms with Gasteiger partial charge in [0.1, 0.15) is 11.4 Å². The van der Waals surface area contributed by atoms with Crippen LogP contribution < -0.4 is 4.90 Å². The number of hydrogen-bond acceptors (Lipinski definition) is 2. The van der Waals surface area contributed by atoms with E-state index in [1.165, 1.54) is 18.2 Å². The molecule has 0 spiro atoms. The van der Waals surface area contributed by atoms with Crippen LogP contribution in [0.1, 0.15) is 27.9 Å². The van der Waals surface area contributed by atoms with Gasteiger partial charge in [0.25, 0.3) is 5.91 Å². The average Bonchev–Trinajstić information content (AvgIpc) is 2.99. The Bertz CT molecular complexity index is 1150.